The van der Waals surface area contributed by atoms with Gasteiger partial charge in [-0.25, -0.2) is 0 Å². The molecule has 2 aliphatic carbocycles. The molecule has 2 rings (SSSR count). The second-order valence-corrected chi connectivity index (χ2v) is 7.79. The second kappa shape index (κ2) is 4.01. The molecule has 1 nitrogen and oxygen atoms in total. The SMILES string of the molecule is CC1CC(C)(C)CCC1NCC1CC1(C)C. The fourth-order valence-corrected chi connectivity index (χ4v) is 3.47. The zero-order chi connectivity index (χ0) is 12.0. The van der Waals surface area contributed by atoms with Crippen LogP contribution in [0.25, 0.3) is 0 Å². The molecule has 16 heavy (non-hydrogen) atoms. The third-order valence-corrected chi connectivity index (χ3v) is 5.04. The van der Waals surface area contributed by atoms with Gasteiger partial charge in [-0.2, -0.15) is 0 Å². The molecule has 1 N–H and O–H groups in total. The van der Waals surface area contributed by atoms with Crippen molar-refractivity contribution in [2.45, 2.75) is 66.3 Å². The maximum absolute atomic E-state index is 3.83. The average Bonchev–Trinajstić information content (AvgIpc) is 2.71. The van der Waals surface area contributed by atoms with Crippen LogP contribution in [0.5, 0.6) is 0 Å². The summed E-state index contributed by atoms with van der Waals surface area (Å²) in [6.45, 7) is 13.3. The first kappa shape index (κ1) is 12.4. The summed E-state index contributed by atoms with van der Waals surface area (Å²) in [7, 11) is 0. The minimum absolute atomic E-state index is 0.580. The van der Waals surface area contributed by atoms with Gasteiger partial charge in [-0.15, -0.1) is 0 Å². The Labute approximate surface area is 101 Å². The molecule has 2 saturated carbocycles. The van der Waals surface area contributed by atoms with Gasteiger partial charge in [-0.3, -0.25) is 0 Å². The third kappa shape index (κ3) is 2.80. The highest BCUT2D eigenvalue weighted by atomic mass is 14.9. The molecule has 2 fully saturated rings. The van der Waals surface area contributed by atoms with Gasteiger partial charge in [0.2, 0.25) is 0 Å². The molecule has 0 aliphatic heterocycles. The lowest BCUT2D eigenvalue weighted by Crippen LogP contribution is -2.42. The van der Waals surface area contributed by atoms with Gasteiger partial charge in [-0.1, -0.05) is 34.6 Å². The molecular weight excluding hydrogens is 194 g/mol. The van der Waals surface area contributed by atoms with Gasteiger partial charge in [0.05, 0.1) is 0 Å². The van der Waals surface area contributed by atoms with Crippen LogP contribution in [0.2, 0.25) is 0 Å². The van der Waals surface area contributed by atoms with Crippen molar-refractivity contribution in [3.8, 4) is 0 Å². The molecule has 0 spiro atoms. The van der Waals surface area contributed by atoms with E-state index in [1.807, 2.05) is 0 Å². The van der Waals surface area contributed by atoms with Crippen LogP contribution in [-0.2, 0) is 0 Å². The van der Waals surface area contributed by atoms with E-state index >= 15 is 0 Å². The van der Waals surface area contributed by atoms with Crippen molar-refractivity contribution in [3.05, 3.63) is 0 Å². The molecular formula is C15H29N. The van der Waals surface area contributed by atoms with E-state index in [0.717, 1.165) is 17.9 Å². The quantitative estimate of drug-likeness (QED) is 0.766. The number of nitrogens with one attached hydrogen (secondary N) is 1. The Bertz CT molecular complexity index is 254. The summed E-state index contributed by atoms with van der Waals surface area (Å²) in [5.74, 6) is 1.79. The van der Waals surface area contributed by atoms with Crippen LogP contribution in [0.1, 0.15) is 60.3 Å². The van der Waals surface area contributed by atoms with Crippen LogP contribution in [0, 0.1) is 22.7 Å². The van der Waals surface area contributed by atoms with Crippen LogP contribution in [0.4, 0.5) is 0 Å². The number of hydrogen-bond acceptors (Lipinski definition) is 1. The van der Waals surface area contributed by atoms with Crippen LogP contribution in [0.3, 0.4) is 0 Å². The van der Waals surface area contributed by atoms with E-state index in [-0.39, 0.29) is 0 Å². The molecule has 0 radical (unpaired) electrons. The summed E-state index contributed by atoms with van der Waals surface area (Å²) in [5, 5.41) is 3.83. The Kier molecular flexibility index (Phi) is 3.11. The van der Waals surface area contributed by atoms with Gasteiger partial charge in [0, 0.05) is 6.04 Å². The van der Waals surface area contributed by atoms with E-state index in [0.29, 0.717) is 10.8 Å². The molecule has 94 valence electrons. The second-order valence-electron chi connectivity index (χ2n) is 7.79. The molecule has 0 aromatic rings. The van der Waals surface area contributed by atoms with E-state index in [9.17, 15) is 0 Å². The highest BCUT2D eigenvalue weighted by Crippen LogP contribution is 2.51. The monoisotopic (exact) mass is 223 g/mol. The first-order valence-corrected chi connectivity index (χ1v) is 7.04. The smallest absolute Gasteiger partial charge is 0.00932 e. The van der Waals surface area contributed by atoms with Gasteiger partial charge >= 0.3 is 0 Å². The predicted octanol–water partition coefficient (Wildman–Crippen LogP) is 3.84. The standard InChI is InChI=1S/C15H29N/c1-11-8-14(2,3)7-6-13(11)16-10-12-9-15(12,4)5/h11-13,16H,6-10H2,1-5H3. The van der Waals surface area contributed by atoms with Crippen molar-refractivity contribution in [2.75, 3.05) is 6.54 Å². The molecule has 2 aliphatic rings. The molecule has 1 heteroatoms. The summed E-state index contributed by atoms with van der Waals surface area (Å²) < 4.78 is 0. The summed E-state index contributed by atoms with van der Waals surface area (Å²) in [6.07, 6.45) is 5.58. The van der Waals surface area contributed by atoms with E-state index in [1.165, 1.54) is 32.2 Å². The molecule has 0 bridgehead atoms. The van der Waals surface area contributed by atoms with Crippen LogP contribution >= 0.6 is 0 Å². The van der Waals surface area contributed by atoms with Crippen molar-refractivity contribution < 1.29 is 0 Å². The van der Waals surface area contributed by atoms with Crippen LogP contribution in [-0.4, -0.2) is 12.6 Å². The Morgan fingerprint density at radius 3 is 2.25 bits per heavy atom. The predicted molar refractivity (Wildman–Crippen MR) is 70.5 cm³/mol. The maximum Gasteiger partial charge on any atom is 0.00932 e. The lowest BCUT2D eigenvalue weighted by molar-refractivity contribution is 0.147. The Morgan fingerprint density at radius 2 is 1.75 bits per heavy atom. The summed E-state index contributed by atoms with van der Waals surface area (Å²) in [4.78, 5) is 0. The van der Waals surface area contributed by atoms with E-state index in [1.54, 1.807) is 0 Å². The van der Waals surface area contributed by atoms with Gasteiger partial charge in [0.1, 0.15) is 0 Å². The normalized spacial score (nSPS) is 40.7. The third-order valence-electron chi connectivity index (χ3n) is 5.04. The van der Waals surface area contributed by atoms with Crippen LogP contribution < -0.4 is 5.32 Å². The van der Waals surface area contributed by atoms with Crippen molar-refractivity contribution in [1.82, 2.24) is 5.32 Å². The first-order chi connectivity index (χ1) is 7.30. The zero-order valence-corrected chi connectivity index (χ0v) is 11.8. The molecule has 3 atom stereocenters. The largest absolute Gasteiger partial charge is 0.313 e. The van der Waals surface area contributed by atoms with Crippen molar-refractivity contribution in [1.29, 1.82) is 0 Å². The van der Waals surface area contributed by atoms with Crippen molar-refractivity contribution in [3.63, 3.8) is 0 Å². The van der Waals surface area contributed by atoms with E-state index in [2.05, 4.69) is 39.9 Å². The van der Waals surface area contributed by atoms with Crippen molar-refractivity contribution in [2.24, 2.45) is 22.7 Å². The summed E-state index contributed by atoms with van der Waals surface area (Å²) in [6, 6.07) is 0.782. The number of hydrogen-bond donors (Lipinski definition) is 1. The number of rotatable bonds is 3. The minimum Gasteiger partial charge on any atom is -0.313 e. The van der Waals surface area contributed by atoms with Gasteiger partial charge < -0.3 is 5.32 Å². The lowest BCUT2D eigenvalue weighted by Gasteiger charge is -2.39. The first-order valence-electron chi connectivity index (χ1n) is 7.04. The van der Waals surface area contributed by atoms with Gasteiger partial charge in [0.25, 0.3) is 0 Å². The topological polar surface area (TPSA) is 12.0 Å². The highest BCUT2D eigenvalue weighted by molar-refractivity contribution is 4.97. The van der Waals surface area contributed by atoms with Gasteiger partial charge in [0.15, 0.2) is 0 Å². The molecule has 0 heterocycles. The fraction of sp³-hybridized carbons (Fsp3) is 1.00. The Balaban J connectivity index is 1.75. The van der Waals surface area contributed by atoms with E-state index in [4.69, 9.17) is 0 Å². The minimum atomic E-state index is 0.580. The molecule has 0 saturated heterocycles. The molecule has 0 aromatic heterocycles. The van der Waals surface area contributed by atoms with Crippen LogP contribution in [0.15, 0.2) is 0 Å². The lowest BCUT2D eigenvalue weighted by atomic mass is 9.70. The highest BCUT2D eigenvalue weighted by Gasteiger charge is 2.45. The fourth-order valence-electron chi connectivity index (χ4n) is 3.47. The molecule has 0 amide bonds. The Hall–Kier alpha value is -0.0400. The molecule has 0 aromatic carbocycles. The van der Waals surface area contributed by atoms with E-state index < -0.39 is 0 Å². The van der Waals surface area contributed by atoms with Gasteiger partial charge in [-0.05, 0) is 54.9 Å². The maximum atomic E-state index is 3.83. The summed E-state index contributed by atoms with van der Waals surface area (Å²) >= 11 is 0. The summed E-state index contributed by atoms with van der Waals surface area (Å²) in [5.41, 5.74) is 1.21. The zero-order valence-electron chi connectivity index (χ0n) is 11.8. The average molecular weight is 223 g/mol. The molecule has 3 unspecified atom stereocenters. The van der Waals surface area contributed by atoms with Crippen molar-refractivity contribution >= 4 is 0 Å². The Morgan fingerprint density at radius 1 is 1.12 bits per heavy atom.